The summed E-state index contributed by atoms with van der Waals surface area (Å²) in [6, 6.07) is -0.0195. The van der Waals surface area contributed by atoms with E-state index < -0.39 is 11.4 Å². The monoisotopic (exact) mass is 285 g/mol. The molecule has 0 saturated carbocycles. The molecule has 2 unspecified atom stereocenters. The molecule has 2 atom stereocenters. The van der Waals surface area contributed by atoms with Gasteiger partial charge in [-0.05, 0) is 40.3 Å². The van der Waals surface area contributed by atoms with Crippen LogP contribution >= 0.6 is 0 Å². The van der Waals surface area contributed by atoms with Crippen molar-refractivity contribution in [3.8, 4) is 0 Å². The molecule has 20 heavy (non-hydrogen) atoms. The zero-order valence-corrected chi connectivity index (χ0v) is 13.0. The van der Waals surface area contributed by atoms with Gasteiger partial charge in [0.25, 0.3) is 0 Å². The van der Waals surface area contributed by atoms with Crippen molar-refractivity contribution in [1.82, 2.24) is 15.1 Å². The first-order chi connectivity index (χ1) is 9.30. The maximum absolute atomic E-state index is 12.3. The van der Waals surface area contributed by atoms with Crippen LogP contribution in [0.1, 0.15) is 33.6 Å². The minimum atomic E-state index is -0.901. The fraction of sp³-hybridized carbons (Fsp3) is 0.857. The van der Waals surface area contributed by atoms with Gasteiger partial charge in [0.15, 0.2) is 0 Å². The number of carbonyl (C=O) groups is 2. The van der Waals surface area contributed by atoms with Gasteiger partial charge in [0.05, 0.1) is 5.41 Å². The standard InChI is InChI=1S/C14H27N3O3/c1-5-14(3,12(18)19)10-15-13(20)17-8-6-7-16(4)9-11(17)2/h11H,5-10H2,1-4H3,(H,15,20)(H,18,19). The summed E-state index contributed by atoms with van der Waals surface area (Å²) in [5.41, 5.74) is -0.901. The molecular weight excluding hydrogens is 258 g/mol. The van der Waals surface area contributed by atoms with Gasteiger partial charge in [-0.3, -0.25) is 4.79 Å². The van der Waals surface area contributed by atoms with Crippen LogP contribution in [0.15, 0.2) is 0 Å². The number of likely N-dealkylation sites (N-methyl/N-ethyl adjacent to an activating group) is 1. The minimum absolute atomic E-state index is 0.139. The highest BCUT2D eigenvalue weighted by Gasteiger charge is 2.33. The number of carboxylic acid groups (broad SMARTS) is 1. The Morgan fingerprint density at radius 3 is 2.60 bits per heavy atom. The molecule has 116 valence electrons. The molecule has 1 fully saturated rings. The predicted octanol–water partition coefficient (Wildman–Crippen LogP) is 1.22. The van der Waals surface area contributed by atoms with Crippen molar-refractivity contribution in [3.63, 3.8) is 0 Å². The molecule has 0 aliphatic carbocycles. The number of aliphatic carboxylic acids is 1. The first-order valence-electron chi connectivity index (χ1n) is 7.26. The van der Waals surface area contributed by atoms with Gasteiger partial charge in [-0.1, -0.05) is 6.92 Å². The molecular formula is C14H27N3O3. The van der Waals surface area contributed by atoms with Crippen LogP contribution in [0.5, 0.6) is 0 Å². The number of hydrogen-bond acceptors (Lipinski definition) is 3. The molecule has 2 N–H and O–H groups in total. The molecule has 6 nitrogen and oxygen atoms in total. The van der Waals surface area contributed by atoms with E-state index in [4.69, 9.17) is 0 Å². The second-order valence-corrected chi connectivity index (χ2v) is 6.04. The largest absolute Gasteiger partial charge is 0.481 e. The van der Waals surface area contributed by atoms with E-state index in [1.165, 1.54) is 0 Å². The van der Waals surface area contributed by atoms with E-state index in [2.05, 4.69) is 17.3 Å². The Bertz CT molecular complexity index is 362. The molecule has 1 heterocycles. The van der Waals surface area contributed by atoms with Gasteiger partial charge < -0.3 is 20.2 Å². The molecule has 0 aromatic rings. The van der Waals surface area contributed by atoms with E-state index in [-0.39, 0.29) is 18.6 Å². The van der Waals surface area contributed by atoms with Crippen molar-refractivity contribution < 1.29 is 14.7 Å². The Morgan fingerprint density at radius 1 is 1.40 bits per heavy atom. The molecule has 0 spiro atoms. The third-order valence-electron chi connectivity index (χ3n) is 4.23. The zero-order chi connectivity index (χ0) is 15.3. The lowest BCUT2D eigenvalue weighted by atomic mass is 9.88. The van der Waals surface area contributed by atoms with Crippen molar-refractivity contribution in [2.24, 2.45) is 5.41 Å². The number of nitrogens with one attached hydrogen (secondary N) is 1. The summed E-state index contributed by atoms with van der Waals surface area (Å²) in [4.78, 5) is 27.5. The Labute approximate surface area is 121 Å². The van der Waals surface area contributed by atoms with Crippen LogP contribution in [-0.4, -0.2) is 66.2 Å². The van der Waals surface area contributed by atoms with E-state index in [0.717, 1.165) is 19.5 Å². The minimum Gasteiger partial charge on any atom is -0.481 e. The fourth-order valence-electron chi connectivity index (χ4n) is 2.40. The van der Waals surface area contributed by atoms with E-state index >= 15 is 0 Å². The number of rotatable bonds is 4. The topological polar surface area (TPSA) is 72.9 Å². The third-order valence-corrected chi connectivity index (χ3v) is 4.23. The first-order valence-corrected chi connectivity index (χ1v) is 7.26. The summed E-state index contributed by atoms with van der Waals surface area (Å²) >= 11 is 0. The summed E-state index contributed by atoms with van der Waals surface area (Å²) in [6.07, 6.45) is 1.43. The molecule has 0 aromatic heterocycles. The van der Waals surface area contributed by atoms with Crippen LogP contribution in [0.4, 0.5) is 4.79 Å². The van der Waals surface area contributed by atoms with E-state index in [9.17, 15) is 14.7 Å². The van der Waals surface area contributed by atoms with E-state index in [1.807, 2.05) is 13.8 Å². The number of amides is 2. The average Bonchev–Trinajstić information content (AvgIpc) is 2.56. The van der Waals surface area contributed by atoms with Crippen LogP contribution in [0.25, 0.3) is 0 Å². The number of hydrogen-bond donors (Lipinski definition) is 2. The lowest BCUT2D eigenvalue weighted by molar-refractivity contribution is -0.147. The quantitative estimate of drug-likeness (QED) is 0.814. The SMILES string of the molecule is CCC(C)(CNC(=O)N1CCCN(C)CC1C)C(=O)O. The summed E-state index contributed by atoms with van der Waals surface area (Å²) in [7, 11) is 2.05. The Morgan fingerprint density at radius 2 is 2.05 bits per heavy atom. The summed E-state index contributed by atoms with van der Waals surface area (Å²) in [5, 5.41) is 12.0. The Hall–Kier alpha value is -1.30. The number of carboxylic acids is 1. The van der Waals surface area contributed by atoms with Gasteiger partial charge >= 0.3 is 12.0 Å². The lowest BCUT2D eigenvalue weighted by Crippen LogP contribution is -2.50. The van der Waals surface area contributed by atoms with Crippen LogP contribution in [0, 0.1) is 5.41 Å². The molecule has 0 aromatic carbocycles. The zero-order valence-electron chi connectivity index (χ0n) is 13.0. The smallest absolute Gasteiger partial charge is 0.317 e. The second-order valence-electron chi connectivity index (χ2n) is 6.04. The van der Waals surface area contributed by atoms with Crippen molar-refractivity contribution in [2.45, 2.75) is 39.7 Å². The normalized spacial score (nSPS) is 23.8. The second kappa shape index (κ2) is 6.92. The van der Waals surface area contributed by atoms with E-state index in [1.54, 1.807) is 11.8 Å². The summed E-state index contributed by atoms with van der Waals surface area (Å²) in [5.74, 6) is -0.871. The van der Waals surface area contributed by atoms with Gasteiger partial charge in [-0.25, -0.2) is 4.79 Å². The molecule has 0 bridgehead atoms. The average molecular weight is 285 g/mol. The highest BCUT2D eigenvalue weighted by Crippen LogP contribution is 2.20. The molecule has 1 rings (SSSR count). The van der Waals surface area contributed by atoms with Gasteiger partial charge in [0.2, 0.25) is 0 Å². The molecule has 0 radical (unpaired) electrons. The number of urea groups is 1. The van der Waals surface area contributed by atoms with Crippen LogP contribution in [0.2, 0.25) is 0 Å². The van der Waals surface area contributed by atoms with Crippen molar-refractivity contribution in [1.29, 1.82) is 0 Å². The molecule has 1 saturated heterocycles. The van der Waals surface area contributed by atoms with Crippen molar-refractivity contribution in [3.05, 3.63) is 0 Å². The highest BCUT2D eigenvalue weighted by molar-refractivity contribution is 5.78. The van der Waals surface area contributed by atoms with E-state index in [0.29, 0.717) is 13.0 Å². The fourth-order valence-corrected chi connectivity index (χ4v) is 2.40. The van der Waals surface area contributed by atoms with Gasteiger partial charge in [0.1, 0.15) is 0 Å². The maximum atomic E-state index is 12.3. The van der Waals surface area contributed by atoms with Gasteiger partial charge in [-0.2, -0.15) is 0 Å². The van der Waals surface area contributed by atoms with Gasteiger partial charge in [-0.15, -0.1) is 0 Å². The van der Waals surface area contributed by atoms with Crippen LogP contribution < -0.4 is 5.32 Å². The Balaban J connectivity index is 2.59. The predicted molar refractivity (Wildman–Crippen MR) is 77.7 cm³/mol. The van der Waals surface area contributed by atoms with Crippen molar-refractivity contribution >= 4 is 12.0 Å². The first kappa shape index (κ1) is 16.8. The summed E-state index contributed by atoms with van der Waals surface area (Å²) in [6.45, 7) is 8.22. The highest BCUT2D eigenvalue weighted by atomic mass is 16.4. The molecule has 1 aliphatic rings. The molecule has 6 heteroatoms. The van der Waals surface area contributed by atoms with Crippen LogP contribution in [-0.2, 0) is 4.79 Å². The lowest BCUT2D eigenvalue weighted by Gasteiger charge is -2.30. The third kappa shape index (κ3) is 4.10. The van der Waals surface area contributed by atoms with Gasteiger partial charge in [0, 0.05) is 25.7 Å². The van der Waals surface area contributed by atoms with Crippen molar-refractivity contribution in [2.75, 3.05) is 33.2 Å². The molecule has 1 aliphatic heterocycles. The number of nitrogens with zero attached hydrogens (tertiary/aromatic N) is 2. The summed E-state index contributed by atoms with van der Waals surface area (Å²) < 4.78 is 0. The molecule has 2 amide bonds. The number of carbonyl (C=O) groups excluding carboxylic acids is 1. The Kier molecular flexibility index (Phi) is 5.80. The van der Waals surface area contributed by atoms with Crippen LogP contribution in [0.3, 0.4) is 0 Å². The maximum Gasteiger partial charge on any atom is 0.317 e.